The van der Waals surface area contributed by atoms with Gasteiger partial charge in [0.15, 0.2) is 0 Å². The zero-order valence-electron chi connectivity index (χ0n) is 11.3. The van der Waals surface area contributed by atoms with Crippen molar-refractivity contribution in [3.8, 4) is 6.07 Å². The van der Waals surface area contributed by atoms with Crippen molar-refractivity contribution in [3.63, 3.8) is 0 Å². The first-order valence-electron chi connectivity index (χ1n) is 6.48. The molecule has 1 heterocycles. The molecule has 0 unspecified atom stereocenters. The lowest BCUT2D eigenvalue weighted by Crippen LogP contribution is -2.22. The lowest BCUT2D eigenvalue weighted by Gasteiger charge is -2.05. The van der Waals surface area contributed by atoms with Crippen molar-refractivity contribution in [1.29, 1.82) is 5.26 Å². The van der Waals surface area contributed by atoms with Gasteiger partial charge in [-0.15, -0.1) is 11.3 Å². The maximum absolute atomic E-state index is 11.8. The minimum Gasteiger partial charge on any atom is -0.351 e. The van der Waals surface area contributed by atoms with E-state index in [9.17, 15) is 4.79 Å². The van der Waals surface area contributed by atoms with Gasteiger partial charge in [0, 0.05) is 11.3 Å². The summed E-state index contributed by atoms with van der Waals surface area (Å²) in [6.07, 6.45) is 1.16. The van der Waals surface area contributed by atoms with E-state index < -0.39 is 0 Å². The minimum atomic E-state index is 0.0576. The average Bonchev–Trinajstić information content (AvgIpc) is 2.89. The molecular formula is C16H16N2OS. The Morgan fingerprint density at radius 1 is 1.30 bits per heavy atom. The molecule has 0 aliphatic carbocycles. The van der Waals surface area contributed by atoms with E-state index >= 15 is 0 Å². The fraction of sp³-hybridized carbons (Fsp3) is 0.250. The highest BCUT2D eigenvalue weighted by Gasteiger charge is 2.04. The van der Waals surface area contributed by atoms with Crippen LogP contribution in [0.2, 0.25) is 0 Å². The second-order valence-electron chi connectivity index (χ2n) is 4.61. The van der Waals surface area contributed by atoms with Gasteiger partial charge in [-0.1, -0.05) is 12.1 Å². The van der Waals surface area contributed by atoms with Crippen LogP contribution in [0.4, 0.5) is 0 Å². The predicted octanol–water partition coefficient (Wildman–Crippen LogP) is 3.18. The molecule has 1 aromatic carbocycles. The molecule has 0 spiro atoms. The van der Waals surface area contributed by atoms with E-state index in [4.69, 9.17) is 5.26 Å². The highest BCUT2D eigenvalue weighted by atomic mass is 32.1. The number of aryl methyl sites for hydroxylation is 2. The molecule has 0 fully saturated rings. The number of rotatable bonds is 5. The maximum atomic E-state index is 11.8. The first-order valence-corrected chi connectivity index (χ1v) is 7.35. The largest absolute Gasteiger partial charge is 0.351 e. The lowest BCUT2D eigenvalue weighted by atomic mass is 10.1. The number of nitrogens with zero attached hydrogens (tertiary/aromatic N) is 1. The molecule has 0 bridgehead atoms. The summed E-state index contributed by atoms with van der Waals surface area (Å²) in [6.45, 7) is 2.66. The van der Waals surface area contributed by atoms with Crippen molar-refractivity contribution < 1.29 is 4.79 Å². The van der Waals surface area contributed by atoms with Gasteiger partial charge in [0.1, 0.15) is 0 Å². The normalized spacial score (nSPS) is 10.0. The number of benzene rings is 1. The van der Waals surface area contributed by atoms with Crippen molar-refractivity contribution in [2.45, 2.75) is 26.3 Å². The Bertz CT molecular complexity index is 623. The summed E-state index contributed by atoms with van der Waals surface area (Å²) < 4.78 is 0. The van der Waals surface area contributed by atoms with Gasteiger partial charge in [-0.2, -0.15) is 5.26 Å². The number of hydrogen-bond donors (Lipinski definition) is 1. The number of nitriles is 1. The summed E-state index contributed by atoms with van der Waals surface area (Å²) in [4.78, 5) is 13.0. The van der Waals surface area contributed by atoms with Crippen molar-refractivity contribution in [2.24, 2.45) is 0 Å². The fourth-order valence-corrected chi connectivity index (χ4v) is 2.70. The van der Waals surface area contributed by atoms with E-state index in [1.807, 2.05) is 17.5 Å². The molecule has 0 saturated carbocycles. The number of carbonyl (C=O) groups excluding carboxylic acids is 1. The van der Waals surface area contributed by atoms with Gasteiger partial charge >= 0.3 is 0 Å². The van der Waals surface area contributed by atoms with Gasteiger partial charge in [-0.3, -0.25) is 4.79 Å². The Morgan fingerprint density at radius 2 is 2.05 bits per heavy atom. The van der Waals surface area contributed by atoms with Crippen LogP contribution in [0.1, 0.15) is 28.0 Å². The predicted molar refractivity (Wildman–Crippen MR) is 80.4 cm³/mol. The molecular weight excluding hydrogens is 268 g/mol. The number of carbonyl (C=O) groups is 1. The van der Waals surface area contributed by atoms with Crippen LogP contribution in [0, 0.1) is 18.3 Å². The Hall–Kier alpha value is -2.12. The molecule has 2 rings (SSSR count). The molecule has 2 aromatic rings. The molecule has 0 aliphatic heterocycles. The first kappa shape index (κ1) is 14.3. The average molecular weight is 284 g/mol. The van der Waals surface area contributed by atoms with E-state index in [-0.39, 0.29) is 5.91 Å². The van der Waals surface area contributed by atoms with Crippen LogP contribution in [0.5, 0.6) is 0 Å². The second kappa shape index (κ2) is 6.88. The number of amides is 1. The van der Waals surface area contributed by atoms with Crippen molar-refractivity contribution in [2.75, 3.05) is 0 Å². The molecule has 3 nitrogen and oxygen atoms in total. The minimum absolute atomic E-state index is 0.0576. The van der Waals surface area contributed by atoms with Gasteiger partial charge in [0.05, 0.1) is 18.2 Å². The van der Waals surface area contributed by atoms with E-state index in [2.05, 4.69) is 24.4 Å². The molecule has 20 heavy (non-hydrogen) atoms. The SMILES string of the molecule is Cc1ccsc1CNC(=O)CCc1ccc(C#N)cc1. The summed E-state index contributed by atoms with van der Waals surface area (Å²) in [7, 11) is 0. The molecule has 1 N–H and O–H groups in total. The zero-order chi connectivity index (χ0) is 14.4. The van der Waals surface area contributed by atoms with Crippen LogP contribution < -0.4 is 5.32 Å². The maximum Gasteiger partial charge on any atom is 0.220 e. The third kappa shape index (κ3) is 3.94. The summed E-state index contributed by atoms with van der Waals surface area (Å²) >= 11 is 1.66. The van der Waals surface area contributed by atoms with Crippen LogP contribution >= 0.6 is 11.3 Å². The Labute approximate surface area is 122 Å². The second-order valence-corrected chi connectivity index (χ2v) is 5.61. The van der Waals surface area contributed by atoms with Crippen LogP contribution in [0.3, 0.4) is 0 Å². The summed E-state index contributed by atoms with van der Waals surface area (Å²) in [5.41, 5.74) is 2.94. The van der Waals surface area contributed by atoms with Crippen LogP contribution in [-0.2, 0) is 17.8 Å². The van der Waals surface area contributed by atoms with Crippen LogP contribution in [-0.4, -0.2) is 5.91 Å². The molecule has 1 amide bonds. The van der Waals surface area contributed by atoms with Gasteiger partial charge in [-0.05, 0) is 48.1 Å². The first-order chi connectivity index (χ1) is 9.69. The van der Waals surface area contributed by atoms with E-state index in [1.165, 1.54) is 10.4 Å². The molecule has 102 valence electrons. The Morgan fingerprint density at radius 3 is 2.65 bits per heavy atom. The van der Waals surface area contributed by atoms with Gasteiger partial charge in [0.2, 0.25) is 5.91 Å². The van der Waals surface area contributed by atoms with E-state index in [1.54, 1.807) is 23.5 Å². The molecule has 0 aliphatic rings. The van der Waals surface area contributed by atoms with Crippen molar-refractivity contribution in [3.05, 3.63) is 57.3 Å². The summed E-state index contributed by atoms with van der Waals surface area (Å²) in [5, 5.41) is 13.7. The zero-order valence-corrected chi connectivity index (χ0v) is 12.2. The molecule has 0 radical (unpaired) electrons. The van der Waals surface area contributed by atoms with Gasteiger partial charge in [-0.25, -0.2) is 0 Å². The third-order valence-corrected chi connectivity index (χ3v) is 4.16. The van der Waals surface area contributed by atoms with Crippen LogP contribution in [0.25, 0.3) is 0 Å². The standard InChI is InChI=1S/C16H16N2OS/c1-12-8-9-20-15(12)11-18-16(19)7-6-13-2-4-14(10-17)5-3-13/h2-5,8-9H,6-7,11H2,1H3,(H,18,19). The Balaban J connectivity index is 1.77. The molecule has 0 saturated heterocycles. The highest BCUT2D eigenvalue weighted by molar-refractivity contribution is 7.10. The van der Waals surface area contributed by atoms with E-state index in [0.717, 1.165) is 5.56 Å². The quantitative estimate of drug-likeness (QED) is 0.916. The number of hydrogen-bond acceptors (Lipinski definition) is 3. The smallest absolute Gasteiger partial charge is 0.220 e. The van der Waals surface area contributed by atoms with Gasteiger partial charge < -0.3 is 5.32 Å². The monoisotopic (exact) mass is 284 g/mol. The summed E-state index contributed by atoms with van der Waals surface area (Å²) in [5.74, 6) is 0.0576. The third-order valence-electron chi connectivity index (χ3n) is 3.14. The van der Waals surface area contributed by atoms with E-state index in [0.29, 0.717) is 24.9 Å². The van der Waals surface area contributed by atoms with Crippen molar-refractivity contribution in [1.82, 2.24) is 5.32 Å². The number of nitrogens with one attached hydrogen (secondary N) is 1. The summed E-state index contributed by atoms with van der Waals surface area (Å²) in [6, 6.07) is 11.5. The lowest BCUT2D eigenvalue weighted by molar-refractivity contribution is -0.121. The van der Waals surface area contributed by atoms with Gasteiger partial charge in [0.25, 0.3) is 0 Å². The Kier molecular flexibility index (Phi) is 4.91. The topological polar surface area (TPSA) is 52.9 Å². The fourth-order valence-electron chi connectivity index (χ4n) is 1.86. The molecule has 4 heteroatoms. The molecule has 1 aromatic heterocycles. The molecule has 0 atom stereocenters. The highest BCUT2D eigenvalue weighted by Crippen LogP contribution is 2.15. The number of thiophene rings is 1. The van der Waals surface area contributed by atoms with Crippen molar-refractivity contribution >= 4 is 17.2 Å². The van der Waals surface area contributed by atoms with Crippen LogP contribution in [0.15, 0.2) is 35.7 Å².